The lowest BCUT2D eigenvalue weighted by atomic mass is 10.2. The minimum Gasteiger partial charge on any atom is -0.345 e. The summed E-state index contributed by atoms with van der Waals surface area (Å²) in [6, 6.07) is 7.38. The second-order valence-electron chi connectivity index (χ2n) is 3.52. The van der Waals surface area contributed by atoms with Crippen molar-refractivity contribution < 1.29 is 4.79 Å². The number of hydrogen-bond acceptors (Lipinski definition) is 3. The van der Waals surface area contributed by atoms with Crippen molar-refractivity contribution in [3.8, 4) is 0 Å². The monoisotopic (exact) mass is 342 g/mol. The van der Waals surface area contributed by atoms with Crippen molar-refractivity contribution in [3.05, 3.63) is 45.6 Å². The van der Waals surface area contributed by atoms with E-state index in [2.05, 4.69) is 38.0 Å². The van der Waals surface area contributed by atoms with Crippen LogP contribution in [-0.2, 0) is 13.6 Å². The van der Waals surface area contributed by atoms with Gasteiger partial charge < -0.3 is 5.32 Å². The van der Waals surface area contributed by atoms with Crippen LogP contribution in [0.1, 0.15) is 16.2 Å². The molecule has 2 aromatic rings. The number of halogens is 1. The number of nitrogens with zero attached hydrogens (tertiary/aromatic N) is 3. The summed E-state index contributed by atoms with van der Waals surface area (Å²) in [4.78, 5) is 15.8. The molecule has 0 saturated carbocycles. The second-order valence-corrected chi connectivity index (χ2v) is 4.77. The van der Waals surface area contributed by atoms with E-state index >= 15 is 0 Å². The highest BCUT2D eigenvalue weighted by Gasteiger charge is 2.06. The summed E-state index contributed by atoms with van der Waals surface area (Å²) >= 11 is 2.20. The van der Waals surface area contributed by atoms with Gasteiger partial charge in [0, 0.05) is 16.2 Å². The van der Waals surface area contributed by atoms with Gasteiger partial charge in [0.2, 0.25) is 0 Å². The van der Waals surface area contributed by atoms with Crippen LogP contribution >= 0.6 is 22.6 Å². The topological polar surface area (TPSA) is 59.8 Å². The van der Waals surface area contributed by atoms with Crippen LogP contribution in [0.3, 0.4) is 0 Å². The zero-order valence-corrected chi connectivity index (χ0v) is 11.4. The molecule has 0 aliphatic carbocycles. The summed E-state index contributed by atoms with van der Waals surface area (Å²) in [7, 11) is 1.79. The Morgan fingerprint density at radius 2 is 2.12 bits per heavy atom. The van der Waals surface area contributed by atoms with Gasteiger partial charge in [-0.1, -0.05) is 0 Å². The van der Waals surface area contributed by atoms with Gasteiger partial charge in [0.25, 0.3) is 5.91 Å². The van der Waals surface area contributed by atoms with Crippen LogP contribution in [0, 0.1) is 3.57 Å². The molecule has 0 bridgehead atoms. The zero-order chi connectivity index (χ0) is 12.3. The van der Waals surface area contributed by atoms with E-state index in [1.807, 2.05) is 12.1 Å². The molecular weight excluding hydrogens is 331 g/mol. The number of carbonyl (C=O) groups is 1. The fourth-order valence-corrected chi connectivity index (χ4v) is 1.69. The highest BCUT2D eigenvalue weighted by molar-refractivity contribution is 14.1. The Balaban J connectivity index is 1.95. The van der Waals surface area contributed by atoms with Gasteiger partial charge in [0.15, 0.2) is 5.82 Å². The number of nitrogens with one attached hydrogen (secondary N) is 1. The van der Waals surface area contributed by atoms with Gasteiger partial charge in [-0.15, -0.1) is 0 Å². The first-order valence-corrected chi connectivity index (χ1v) is 6.11. The van der Waals surface area contributed by atoms with Crippen molar-refractivity contribution in [1.82, 2.24) is 20.1 Å². The van der Waals surface area contributed by atoms with E-state index in [4.69, 9.17) is 0 Å². The fourth-order valence-electron chi connectivity index (χ4n) is 1.33. The van der Waals surface area contributed by atoms with Gasteiger partial charge in [-0.25, -0.2) is 4.98 Å². The SMILES string of the molecule is Cn1cnc(CNC(=O)c2ccc(I)cc2)n1. The first-order chi connectivity index (χ1) is 8.15. The third kappa shape index (κ3) is 3.26. The van der Waals surface area contributed by atoms with Crippen molar-refractivity contribution in [2.24, 2.45) is 7.05 Å². The van der Waals surface area contributed by atoms with Gasteiger partial charge >= 0.3 is 0 Å². The molecular formula is C11H11IN4O. The molecule has 0 fully saturated rings. The quantitative estimate of drug-likeness (QED) is 0.857. The van der Waals surface area contributed by atoms with Gasteiger partial charge in [-0.05, 0) is 46.9 Å². The normalized spacial score (nSPS) is 10.2. The third-order valence-corrected chi connectivity index (χ3v) is 2.88. The lowest BCUT2D eigenvalue weighted by Crippen LogP contribution is -2.23. The molecule has 5 nitrogen and oxygen atoms in total. The molecule has 1 aromatic carbocycles. The molecule has 1 aromatic heterocycles. The Kier molecular flexibility index (Phi) is 3.72. The summed E-state index contributed by atoms with van der Waals surface area (Å²) in [5.41, 5.74) is 0.640. The van der Waals surface area contributed by atoms with Crippen LogP contribution in [-0.4, -0.2) is 20.7 Å². The molecule has 1 N–H and O–H groups in total. The molecule has 1 heterocycles. The Morgan fingerprint density at radius 3 is 2.71 bits per heavy atom. The van der Waals surface area contributed by atoms with Gasteiger partial charge in [0.05, 0.1) is 6.54 Å². The molecule has 0 aliphatic heterocycles. The molecule has 0 saturated heterocycles. The van der Waals surface area contributed by atoms with Crippen molar-refractivity contribution >= 4 is 28.5 Å². The fraction of sp³-hybridized carbons (Fsp3) is 0.182. The van der Waals surface area contributed by atoms with Crippen molar-refractivity contribution in [2.45, 2.75) is 6.54 Å². The largest absolute Gasteiger partial charge is 0.345 e. The number of carbonyl (C=O) groups excluding carboxylic acids is 1. The zero-order valence-electron chi connectivity index (χ0n) is 9.22. The third-order valence-electron chi connectivity index (χ3n) is 2.16. The smallest absolute Gasteiger partial charge is 0.251 e. The Morgan fingerprint density at radius 1 is 1.41 bits per heavy atom. The lowest BCUT2D eigenvalue weighted by Gasteiger charge is -2.02. The van der Waals surface area contributed by atoms with E-state index in [9.17, 15) is 4.79 Å². The van der Waals surface area contributed by atoms with Crippen LogP contribution in [0.4, 0.5) is 0 Å². The summed E-state index contributed by atoms with van der Waals surface area (Å²) < 4.78 is 2.71. The van der Waals surface area contributed by atoms with Gasteiger partial charge in [0.1, 0.15) is 6.33 Å². The maximum absolute atomic E-state index is 11.8. The van der Waals surface area contributed by atoms with Crippen molar-refractivity contribution in [2.75, 3.05) is 0 Å². The van der Waals surface area contributed by atoms with E-state index in [0.29, 0.717) is 17.9 Å². The minimum absolute atomic E-state index is 0.117. The molecule has 2 rings (SSSR count). The van der Waals surface area contributed by atoms with Crippen LogP contribution in [0.15, 0.2) is 30.6 Å². The maximum atomic E-state index is 11.8. The predicted octanol–water partition coefficient (Wildman–Crippen LogP) is 1.35. The number of amides is 1. The Hall–Kier alpha value is -1.44. The number of aromatic nitrogens is 3. The van der Waals surface area contributed by atoms with E-state index in [1.54, 1.807) is 30.2 Å². The van der Waals surface area contributed by atoms with Gasteiger partial charge in [-0.3, -0.25) is 9.48 Å². The molecule has 0 atom stereocenters. The van der Waals surface area contributed by atoms with Crippen molar-refractivity contribution in [3.63, 3.8) is 0 Å². The standard InChI is InChI=1S/C11H11IN4O/c1-16-7-14-10(15-16)6-13-11(17)8-2-4-9(12)5-3-8/h2-5,7H,6H2,1H3,(H,13,17). The lowest BCUT2D eigenvalue weighted by molar-refractivity contribution is 0.0950. The highest BCUT2D eigenvalue weighted by atomic mass is 127. The average molecular weight is 342 g/mol. The predicted molar refractivity (Wildman–Crippen MR) is 71.3 cm³/mol. The second kappa shape index (κ2) is 5.26. The summed E-state index contributed by atoms with van der Waals surface area (Å²) in [6.07, 6.45) is 1.60. The minimum atomic E-state index is -0.117. The summed E-state index contributed by atoms with van der Waals surface area (Å²) in [5, 5.41) is 6.85. The molecule has 1 amide bonds. The van der Waals surface area contributed by atoms with Crippen LogP contribution in [0.25, 0.3) is 0 Å². The van der Waals surface area contributed by atoms with Gasteiger partial charge in [-0.2, -0.15) is 5.10 Å². The number of aryl methyl sites for hydroxylation is 1. The maximum Gasteiger partial charge on any atom is 0.251 e. The Labute approximate surface area is 112 Å². The molecule has 0 radical (unpaired) electrons. The molecule has 0 spiro atoms. The van der Waals surface area contributed by atoms with E-state index in [0.717, 1.165) is 3.57 Å². The molecule has 88 valence electrons. The average Bonchev–Trinajstić information content (AvgIpc) is 2.73. The number of benzene rings is 1. The van der Waals surface area contributed by atoms with E-state index in [-0.39, 0.29) is 5.91 Å². The first kappa shape index (κ1) is 12.0. The summed E-state index contributed by atoms with van der Waals surface area (Å²) in [6.45, 7) is 0.339. The van der Waals surface area contributed by atoms with Crippen LogP contribution in [0.2, 0.25) is 0 Å². The molecule has 0 unspecified atom stereocenters. The first-order valence-electron chi connectivity index (χ1n) is 5.03. The Bertz CT molecular complexity index is 521. The summed E-state index contributed by atoms with van der Waals surface area (Å²) in [5.74, 6) is 0.486. The highest BCUT2D eigenvalue weighted by Crippen LogP contribution is 2.06. The van der Waals surface area contributed by atoms with Crippen LogP contribution in [0.5, 0.6) is 0 Å². The number of rotatable bonds is 3. The van der Waals surface area contributed by atoms with Crippen LogP contribution < -0.4 is 5.32 Å². The van der Waals surface area contributed by atoms with Crippen molar-refractivity contribution in [1.29, 1.82) is 0 Å². The number of hydrogen-bond donors (Lipinski definition) is 1. The molecule has 6 heteroatoms. The molecule has 0 aliphatic rings. The van der Waals surface area contributed by atoms with E-state index < -0.39 is 0 Å². The molecule has 17 heavy (non-hydrogen) atoms. The van der Waals surface area contributed by atoms with E-state index in [1.165, 1.54) is 0 Å².